The van der Waals surface area contributed by atoms with E-state index in [1.54, 1.807) is 37.3 Å². The summed E-state index contributed by atoms with van der Waals surface area (Å²) in [6, 6.07) is 12.4. The number of anilines is 1. The van der Waals surface area contributed by atoms with Crippen LogP contribution < -0.4 is 10.1 Å². The van der Waals surface area contributed by atoms with Crippen LogP contribution >= 0.6 is 0 Å². The molecule has 0 aromatic heterocycles. The Morgan fingerprint density at radius 3 is 2.52 bits per heavy atom. The first-order valence-electron chi connectivity index (χ1n) is 8.83. The van der Waals surface area contributed by atoms with E-state index >= 15 is 0 Å². The van der Waals surface area contributed by atoms with Crippen LogP contribution in [0.4, 0.5) is 5.69 Å². The molecule has 0 saturated heterocycles. The molecular weight excluding hydrogens is 346 g/mol. The quantitative estimate of drug-likeness (QED) is 0.601. The van der Waals surface area contributed by atoms with Crippen molar-refractivity contribution in [1.29, 1.82) is 0 Å². The summed E-state index contributed by atoms with van der Waals surface area (Å²) in [5.74, 6) is -0.771. The van der Waals surface area contributed by atoms with Crippen molar-refractivity contribution in [3.8, 4) is 5.75 Å². The van der Waals surface area contributed by atoms with Gasteiger partial charge in [-0.15, -0.1) is 0 Å². The molecule has 0 unspecified atom stereocenters. The Balaban J connectivity index is 1.50. The number of nitrogens with one attached hydrogen (secondary N) is 1. The average Bonchev–Trinajstić information content (AvgIpc) is 2.98. The SMILES string of the molecule is CCc1ccc(OCC(=O)OCC(=O)c2ccc3c(c2)[C@H](C)C(=O)N3)cc1. The normalized spacial score (nSPS) is 15.0. The Bertz CT molecular complexity index is 873. The molecule has 1 N–H and O–H groups in total. The van der Waals surface area contributed by atoms with Gasteiger partial charge >= 0.3 is 5.97 Å². The molecule has 1 amide bonds. The summed E-state index contributed by atoms with van der Waals surface area (Å²) in [5.41, 5.74) is 3.07. The van der Waals surface area contributed by atoms with Crippen LogP contribution in [0.2, 0.25) is 0 Å². The van der Waals surface area contributed by atoms with Gasteiger partial charge in [0.25, 0.3) is 0 Å². The van der Waals surface area contributed by atoms with E-state index in [-0.39, 0.29) is 30.8 Å². The average molecular weight is 367 g/mol. The van der Waals surface area contributed by atoms with Crippen molar-refractivity contribution >= 4 is 23.3 Å². The first-order valence-corrected chi connectivity index (χ1v) is 8.83. The molecule has 0 saturated carbocycles. The molecule has 1 heterocycles. The number of benzene rings is 2. The third kappa shape index (κ3) is 4.34. The zero-order chi connectivity index (χ0) is 19.4. The predicted molar refractivity (Wildman–Crippen MR) is 100 cm³/mol. The van der Waals surface area contributed by atoms with Crippen molar-refractivity contribution in [2.75, 3.05) is 18.5 Å². The van der Waals surface area contributed by atoms with E-state index in [2.05, 4.69) is 12.2 Å². The van der Waals surface area contributed by atoms with Crippen molar-refractivity contribution < 1.29 is 23.9 Å². The van der Waals surface area contributed by atoms with E-state index in [9.17, 15) is 14.4 Å². The second-order valence-corrected chi connectivity index (χ2v) is 6.38. The highest BCUT2D eigenvalue weighted by molar-refractivity contribution is 6.05. The molecule has 140 valence electrons. The third-order valence-corrected chi connectivity index (χ3v) is 4.54. The van der Waals surface area contributed by atoms with Crippen LogP contribution in [0.15, 0.2) is 42.5 Å². The standard InChI is InChI=1S/C21H21NO5/c1-3-14-4-7-16(8-5-14)26-12-20(24)27-11-19(23)15-6-9-18-17(10-15)13(2)21(25)22-18/h4-10,13H,3,11-12H2,1-2H3,(H,22,25)/t13-/m0/s1. The number of fused-ring (bicyclic) bond motifs is 1. The maximum absolute atomic E-state index is 12.3. The fourth-order valence-electron chi connectivity index (χ4n) is 2.83. The van der Waals surface area contributed by atoms with Crippen molar-refractivity contribution in [1.82, 2.24) is 0 Å². The lowest BCUT2D eigenvalue weighted by Gasteiger charge is -2.08. The first kappa shape index (κ1) is 18.6. The smallest absolute Gasteiger partial charge is 0.344 e. The summed E-state index contributed by atoms with van der Waals surface area (Å²) < 4.78 is 10.4. The van der Waals surface area contributed by atoms with Gasteiger partial charge in [0, 0.05) is 11.3 Å². The molecule has 0 radical (unpaired) electrons. The van der Waals surface area contributed by atoms with Gasteiger partial charge in [0.15, 0.2) is 19.0 Å². The Kier molecular flexibility index (Phi) is 5.54. The van der Waals surface area contributed by atoms with Crippen molar-refractivity contribution in [2.45, 2.75) is 26.2 Å². The second-order valence-electron chi connectivity index (χ2n) is 6.38. The summed E-state index contributed by atoms with van der Waals surface area (Å²) in [6.45, 7) is 3.20. The van der Waals surface area contributed by atoms with E-state index in [0.29, 0.717) is 17.0 Å². The highest BCUT2D eigenvalue weighted by Gasteiger charge is 2.27. The maximum atomic E-state index is 12.3. The lowest BCUT2D eigenvalue weighted by molar-refractivity contribution is -0.144. The summed E-state index contributed by atoms with van der Waals surface area (Å²) in [4.78, 5) is 35.7. The van der Waals surface area contributed by atoms with E-state index in [4.69, 9.17) is 9.47 Å². The minimum absolute atomic E-state index is 0.0925. The van der Waals surface area contributed by atoms with Crippen LogP contribution in [-0.2, 0) is 20.7 Å². The number of Topliss-reactive ketones (excluding diaryl/α,β-unsaturated/α-hetero) is 1. The van der Waals surface area contributed by atoms with Gasteiger partial charge in [0.05, 0.1) is 5.92 Å². The molecule has 2 aromatic carbocycles. The Labute approximate surface area is 157 Å². The molecule has 2 aromatic rings. The van der Waals surface area contributed by atoms with Gasteiger partial charge in [-0.05, 0) is 54.8 Å². The number of hydrogen-bond acceptors (Lipinski definition) is 5. The largest absolute Gasteiger partial charge is 0.482 e. The number of carbonyl (C=O) groups excluding carboxylic acids is 3. The molecular formula is C21H21NO5. The molecule has 0 aliphatic carbocycles. The van der Waals surface area contributed by atoms with Crippen LogP contribution in [0.3, 0.4) is 0 Å². The fraction of sp³-hybridized carbons (Fsp3) is 0.286. The van der Waals surface area contributed by atoms with E-state index in [1.807, 2.05) is 12.1 Å². The number of aryl methyl sites for hydroxylation is 1. The summed E-state index contributed by atoms with van der Waals surface area (Å²) in [6.07, 6.45) is 0.927. The van der Waals surface area contributed by atoms with Crippen molar-refractivity contribution in [3.05, 3.63) is 59.2 Å². The number of ketones is 1. The molecule has 0 bridgehead atoms. The van der Waals surface area contributed by atoms with Crippen molar-refractivity contribution in [2.24, 2.45) is 0 Å². The van der Waals surface area contributed by atoms with Crippen LogP contribution in [0.5, 0.6) is 5.75 Å². The van der Waals surface area contributed by atoms with Gasteiger partial charge in [0.2, 0.25) is 5.91 Å². The monoisotopic (exact) mass is 367 g/mol. The number of rotatable bonds is 7. The Hall–Kier alpha value is -3.15. The Morgan fingerprint density at radius 2 is 1.81 bits per heavy atom. The number of hydrogen-bond donors (Lipinski definition) is 1. The molecule has 3 rings (SSSR count). The molecule has 1 atom stereocenters. The zero-order valence-electron chi connectivity index (χ0n) is 15.3. The van der Waals surface area contributed by atoms with Crippen LogP contribution in [0.25, 0.3) is 0 Å². The van der Waals surface area contributed by atoms with Crippen molar-refractivity contribution in [3.63, 3.8) is 0 Å². The lowest BCUT2D eigenvalue weighted by atomic mass is 9.99. The topological polar surface area (TPSA) is 81.7 Å². The van der Waals surface area contributed by atoms with Gasteiger partial charge in [-0.25, -0.2) is 4.79 Å². The fourth-order valence-corrected chi connectivity index (χ4v) is 2.83. The summed E-state index contributed by atoms with van der Waals surface area (Å²) >= 11 is 0. The minimum atomic E-state index is -0.616. The Morgan fingerprint density at radius 1 is 1.07 bits per heavy atom. The van der Waals surface area contributed by atoms with Crippen LogP contribution in [0.1, 0.15) is 41.3 Å². The lowest BCUT2D eigenvalue weighted by Crippen LogP contribution is -2.19. The molecule has 27 heavy (non-hydrogen) atoms. The maximum Gasteiger partial charge on any atom is 0.344 e. The summed E-state index contributed by atoms with van der Waals surface area (Å²) in [5, 5.41) is 2.75. The minimum Gasteiger partial charge on any atom is -0.482 e. The van der Waals surface area contributed by atoms with E-state index in [0.717, 1.165) is 12.0 Å². The number of carbonyl (C=O) groups is 3. The molecule has 1 aliphatic rings. The summed E-state index contributed by atoms with van der Waals surface area (Å²) in [7, 11) is 0. The number of esters is 1. The molecule has 0 spiro atoms. The van der Waals surface area contributed by atoms with Gasteiger partial charge in [-0.3, -0.25) is 9.59 Å². The van der Waals surface area contributed by atoms with Gasteiger partial charge in [-0.1, -0.05) is 19.1 Å². The van der Waals surface area contributed by atoms with Crippen LogP contribution in [0, 0.1) is 0 Å². The highest BCUT2D eigenvalue weighted by atomic mass is 16.6. The zero-order valence-corrected chi connectivity index (χ0v) is 15.3. The molecule has 0 fully saturated rings. The second kappa shape index (κ2) is 8.03. The molecule has 1 aliphatic heterocycles. The van der Waals surface area contributed by atoms with Gasteiger partial charge in [-0.2, -0.15) is 0 Å². The molecule has 6 heteroatoms. The van der Waals surface area contributed by atoms with Gasteiger partial charge in [0.1, 0.15) is 5.75 Å². The predicted octanol–water partition coefficient (Wildman–Crippen LogP) is 3.11. The van der Waals surface area contributed by atoms with Gasteiger partial charge < -0.3 is 14.8 Å². The van der Waals surface area contributed by atoms with Crippen LogP contribution in [-0.4, -0.2) is 30.9 Å². The number of ether oxygens (including phenoxy) is 2. The molecule has 6 nitrogen and oxygen atoms in total. The highest BCUT2D eigenvalue weighted by Crippen LogP contribution is 2.32. The third-order valence-electron chi connectivity index (χ3n) is 4.54. The first-order chi connectivity index (χ1) is 13.0. The number of amides is 1. The van der Waals surface area contributed by atoms with E-state index < -0.39 is 5.97 Å². The van der Waals surface area contributed by atoms with E-state index in [1.165, 1.54) is 5.56 Å².